The van der Waals surface area contributed by atoms with Crippen molar-refractivity contribution in [2.24, 2.45) is 0 Å². The molecule has 0 aliphatic carbocycles. The Hall–Kier alpha value is -0.990. The van der Waals surface area contributed by atoms with Gasteiger partial charge in [-0.25, -0.2) is 8.42 Å². The van der Waals surface area contributed by atoms with Crippen molar-refractivity contribution < 1.29 is 21.6 Å². The van der Waals surface area contributed by atoms with Gasteiger partial charge in [-0.2, -0.15) is 13.2 Å². The highest BCUT2D eigenvalue weighted by Gasteiger charge is 2.31. The first-order valence-electron chi connectivity index (χ1n) is 5.73. The fourth-order valence-electron chi connectivity index (χ4n) is 1.38. The van der Waals surface area contributed by atoms with Crippen LogP contribution in [0.3, 0.4) is 0 Å². The zero-order chi connectivity index (χ0) is 15.4. The minimum absolute atomic E-state index is 0.0730. The van der Waals surface area contributed by atoms with Gasteiger partial charge in [0.05, 0.1) is 22.0 Å². The van der Waals surface area contributed by atoms with Crippen molar-refractivity contribution in [2.45, 2.75) is 13.1 Å². The molecule has 1 aromatic rings. The lowest BCUT2D eigenvalue weighted by Crippen LogP contribution is -2.26. The summed E-state index contributed by atoms with van der Waals surface area (Å²) in [5.41, 5.74) is -1.01. The summed E-state index contributed by atoms with van der Waals surface area (Å²) in [6.45, 7) is 2.69. The van der Waals surface area contributed by atoms with Crippen LogP contribution in [0, 0.1) is 0 Å². The highest BCUT2D eigenvalue weighted by Crippen LogP contribution is 2.33. The molecule has 1 rings (SSSR count). The van der Waals surface area contributed by atoms with Crippen LogP contribution in [0.25, 0.3) is 0 Å². The standard InChI is InChI=1S/C11H14ClF3N2O2S/c1-2-16-5-6-20(18,19)17-10-4-3-8(7-9(10)12)11(13,14)15/h3-4,7,16-17H,2,5-6H2,1H3. The highest BCUT2D eigenvalue weighted by atomic mass is 35.5. The summed E-state index contributed by atoms with van der Waals surface area (Å²) < 4.78 is 62.8. The van der Waals surface area contributed by atoms with Gasteiger partial charge in [0.25, 0.3) is 0 Å². The maximum absolute atomic E-state index is 12.4. The molecule has 0 aliphatic heterocycles. The van der Waals surface area contributed by atoms with Crippen LogP contribution in [0.15, 0.2) is 18.2 Å². The minimum Gasteiger partial charge on any atom is -0.316 e. The van der Waals surface area contributed by atoms with Gasteiger partial charge in [0.15, 0.2) is 0 Å². The van der Waals surface area contributed by atoms with Gasteiger partial charge in [-0.3, -0.25) is 4.72 Å². The van der Waals surface area contributed by atoms with Crippen LogP contribution in [-0.2, 0) is 16.2 Å². The Morgan fingerprint density at radius 2 is 1.95 bits per heavy atom. The van der Waals surface area contributed by atoms with Gasteiger partial charge in [0.1, 0.15) is 0 Å². The van der Waals surface area contributed by atoms with E-state index in [-0.39, 0.29) is 23.0 Å². The van der Waals surface area contributed by atoms with Crippen molar-refractivity contribution in [3.8, 4) is 0 Å². The minimum atomic E-state index is -4.52. The quantitative estimate of drug-likeness (QED) is 0.788. The van der Waals surface area contributed by atoms with Gasteiger partial charge in [-0.1, -0.05) is 18.5 Å². The molecular weight excluding hydrogens is 317 g/mol. The van der Waals surface area contributed by atoms with Crippen LogP contribution in [0.1, 0.15) is 12.5 Å². The van der Waals surface area contributed by atoms with Gasteiger partial charge in [-0.15, -0.1) is 0 Å². The smallest absolute Gasteiger partial charge is 0.316 e. The normalized spacial score (nSPS) is 12.4. The van der Waals surface area contributed by atoms with Crippen molar-refractivity contribution in [3.05, 3.63) is 28.8 Å². The van der Waals surface area contributed by atoms with E-state index >= 15 is 0 Å². The molecule has 20 heavy (non-hydrogen) atoms. The second kappa shape index (κ2) is 6.64. The Morgan fingerprint density at radius 3 is 2.45 bits per heavy atom. The maximum Gasteiger partial charge on any atom is 0.416 e. The highest BCUT2D eigenvalue weighted by molar-refractivity contribution is 7.92. The van der Waals surface area contributed by atoms with E-state index in [4.69, 9.17) is 11.6 Å². The third-order valence-corrected chi connectivity index (χ3v) is 3.94. The molecule has 0 aromatic heterocycles. The first-order valence-corrected chi connectivity index (χ1v) is 7.76. The zero-order valence-electron chi connectivity index (χ0n) is 10.6. The van der Waals surface area contributed by atoms with Crippen LogP contribution in [0.5, 0.6) is 0 Å². The fraction of sp³-hybridized carbons (Fsp3) is 0.455. The molecule has 4 nitrogen and oxygen atoms in total. The lowest BCUT2D eigenvalue weighted by Gasteiger charge is -2.12. The van der Waals surface area contributed by atoms with E-state index in [0.29, 0.717) is 12.6 Å². The molecule has 0 atom stereocenters. The number of benzene rings is 1. The lowest BCUT2D eigenvalue weighted by molar-refractivity contribution is -0.137. The number of alkyl halides is 3. The predicted molar refractivity (Wildman–Crippen MR) is 72.4 cm³/mol. The Kier molecular flexibility index (Phi) is 5.67. The third-order valence-electron chi connectivity index (χ3n) is 2.36. The van der Waals surface area contributed by atoms with Crippen molar-refractivity contribution in [2.75, 3.05) is 23.6 Å². The molecule has 1 aromatic carbocycles. The molecule has 114 valence electrons. The summed E-state index contributed by atoms with van der Waals surface area (Å²) in [4.78, 5) is 0. The van der Waals surface area contributed by atoms with E-state index < -0.39 is 21.8 Å². The molecule has 0 unspecified atom stereocenters. The summed E-state index contributed by atoms with van der Waals surface area (Å²) in [5.74, 6) is -0.196. The van der Waals surface area contributed by atoms with Crippen LogP contribution in [0.4, 0.5) is 18.9 Å². The van der Waals surface area contributed by atoms with Crippen LogP contribution >= 0.6 is 11.6 Å². The van der Waals surface area contributed by atoms with Crippen LogP contribution in [-0.4, -0.2) is 27.3 Å². The van der Waals surface area contributed by atoms with Crippen LogP contribution in [0.2, 0.25) is 5.02 Å². The molecule has 0 aliphatic rings. The molecule has 0 amide bonds. The molecule has 0 fully saturated rings. The van der Waals surface area contributed by atoms with Gasteiger partial charge in [0, 0.05) is 6.54 Å². The number of hydrogen-bond donors (Lipinski definition) is 2. The summed E-state index contributed by atoms with van der Waals surface area (Å²) in [6.07, 6.45) is -4.52. The van der Waals surface area contributed by atoms with Crippen molar-refractivity contribution in [1.29, 1.82) is 0 Å². The number of rotatable bonds is 6. The number of nitrogens with one attached hydrogen (secondary N) is 2. The molecule has 9 heteroatoms. The molecule has 2 N–H and O–H groups in total. The second-order valence-corrected chi connectivity index (χ2v) is 6.22. The van der Waals surface area contributed by atoms with Gasteiger partial charge in [-0.05, 0) is 24.7 Å². The Labute approximate surface area is 120 Å². The molecule has 0 spiro atoms. The van der Waals surface area contributed by atoms with Crippen molar-refractivity contribution >= 4 is 27.3 Å². The first kappa shape index (κ1) is 17.1. The summed E-state index contributed by atoms with van der Waals surface area (Å²) in [6, 6.07) is 2.45. The summed E-state index contributed by atoms with van der Waals surface area (Å²) in [7, 11) is -3.66. The first-order chi connectivity index (χ1) is 9.15. The lowest BCUT2D eigenvalue weighted by atomic mass is 10.2. The molecule has 0 heterocycles. The van der Waals surface area contributed by atoms with E-state index in [2.05, 4.69) is 10.0 Å². The SMILES string of the molecule is CCNCCS(=O)(=O)Nc1ccc(C(F)(F)F)cc1Cl. The average molecular weight is 331 g/mol. The topological polar surface area (TPSA) is 58.2 Å². The molecule has 0 radical (unpaired) electrons. The summed E-state index contributed by atoms with van der Waals surface area (Å²) in [5, 5.41) is 2.53. The Balaban J connectivity index is 2.83. The van der Waals surface area contributed by atoms with Gasteiger partial charge in [0.2, 0.25) is 10.0 Å². The maximum atomic E-state index is 12.4. The van der Waals surface area contributed by atoms with Gasteiger partial charge >= 0.3 is 6.18 Å². The van der Waals surface area contributed by atoms with Gasteiger partial charge < -0.3 is 5.32 Å². The number of halogens is 4. The molecule has 0 bridgehead atoms. The Morgan fingerprint density at radius 1 is 1.30 bits per heavy atom. The Bertz CT molecular complexity index is 561. The third kappa shape index (κ3) is 5.18. The van der Waals surface area contributed by atoms with Crippen molar-refractivity contribution in [1.82, 2.24) is 5.32 Å². The predicted octanol–water partition coefficient (Wildman–Crippen LogP) is 2.71. The average Bonchev–Trinajstić information content (AvgIpc) is 2.30. The zero-order valence-corrected chi connectivity index (χ0v) is 12.2. The van der Waals surface area contributed by atoms with E-state index in [9.17, 15) is 21.6 Å². The van der Waals surface area contributed by atoms with Crippen LogP contribution < -0.4 is 10.0 Å². The fourth-order valence-corrected chi connectivity index (χ4v) is 2.69. The number of anilines is 1. The molecule has 0 saturated carbocycles. The largest absolute Gasteiger partial charge is 0.416 e. The van der Waals surface area contributed by atoms with Crippen molar-refractivity contribution in [3.63, 3.8) is 0 Å². The number of sulfonamides is 1. The summed E-state index contributed by atoms with van der Waals surface area (Å²) >= 11 is 5.66. The van der Waals surface area contributed by atoms with E-state index in [1.54, 1.807) is 0 Å². The van der Waals surface area contributed by atoms with E-state index in [0.717, 1.165) is 12.1 Å². The molecule has 0 saturated heterocycles. The molecular formula is C11H14ClF3N2O2S. The van der Waals surface area contributed by atoms with E-state index in [1.165, 1.54) is 0 Å². The monoisotopic (exact) mass is 330 g/mol. The second-order valence-electron chi connectivity index (χ2n) is 3.97. The van der Waals surface area contributed by atoms with E-state index in [1.807, 2.05) is 6.92 Å². The number of hydrogen-bond acceptors (Lipinski definition) is 3.